The molecule has 110 valence electrons. The van der Waals surface area contributed by atoms with E-state index < -0.39 is 10.0 Å². The van der Waals surface area contributed by atoms with Crippen molar-refractivity contribution in [1.29, 1.82) is 0 Å². The third kappa shape index (κ3) is 2.99. The molecule has 4 heteroatoms. The van der Waals surface area contributed by atoms with Crippen LogP contribution >= 0.6 is 0 Å². The van der Waals surface area contributed by atoms with Gasteiger partial charge in [0, 0.05) is 6.54 Å². The zero-order valence-corrected chi connectivity index (χ0v) is 12.8. The lowest BCUT2D eigenvalue weighted by molar-refractivity contribution is -0.0487. The van der Waals surface area contributed by atoms with Crippen molar-refractivity contribution in [2.45, 2.75) is 58.3 Å². The molecule has 0 amide bonds. The predicted molar refractivity (Wildman–Crippen MR) is 77.3 cm³/mol. The fourth-order valence-corrected chi connectivity index (χ4v) is 6.52. The van der Waals surface area contributed by atoms with Crippen LogP contribution in [-0.4, -0.2) is 20.7 Å². The van der Waals surface area contributed by atoms with Crippen molar-refractivity contribution < 1.29 is 8.42 Å². The molecule has 0 radical (unpaired) electrons. The first-order chi connectivity index (χ1) is 9.00. The molecule has 3 nitrogen and oxygen atoms in total. The lowest BCUT2D eigenvalue weighted by Gasteiger charge is -2.56. The minimum Gasteiger partial charge on any atom is -0.215 e. The first-order valence-electron chi connectivity index (χ1n) is 7.98. The summed E-state index contributed by atoms with van der Waals surface area (Å²) in [5.74, 6) is 2.99. The maximum absolute atomic E-state index is 12.0. The summed E-state index contributed by atoms with van der Waals surface area (Å²) in [7, 11) is -3.04. The minimum atomic E-state index is -3.04. The molecule has 0 atom stereocenters. The van der Waals surface area contributed by atoms with Gasteiger partial charge in [-0.05, 0) is 68.1 Å². The summed E-state index contributed by atoms with van der Waals surface area (Å²) in [5.41, 5.74) is 0.314. The van der Waals surface area contributed by atoms with Gasteiger partial charge in [-0.1, -0.05) is 13.3 Å². The first-order valence-corrected chi connectivity index (χ1v) is 9.63. The van der Waals surface area contributed by atoms with E-state index in [1.165, 1.54) is 38.5 Å². The van der Waals surface area contributed by atoms with Gasteiger partial charge in [-0.25, -0.2) is 13.1 Å². The Morgan fingerprint density at radius 2 is 1.58 bits per heavy atom. The minimum absolute atomic E-state index is 0.301. The van der Waals surface area contributed by atoms with Crippen LogP contribution in [0.5, 0.6) is 0 Å². The molecule has 0 aliphatic heterocycles. The number of hydrogen-bond donors (Lipinski definition) is 1. The Hall–Kier alpha value is -0.0900. The average molecular weight is 285 g/mol. The van der Waals surface area contributed by atoms with Crippen molar-refractivity contribution in [2.75, 3.05) is 12.3 Å². The molecule has 19 heavy (non-hydrogen) atoms. The maximum atomic E-state index is 12.0. The van der Waals surface area contributed by atoms with Crippen molar-refractivity contribution in [2.24, 2.45) is 23.2 Å². The topological polar surface area (TPSA) is 46.2 Å². The third-order valence-corrected chi connectivity index (χ3v) is 7.01. The molecule has 0 heterocycles. The summed E-state index contributed by atoms with van der Waals surface area (Å²) in [5, 5.41) is 0. The highest BCUT2D eigenvalue weighted by molar-refractivity contribution is 7.89. The maximum Gasteiger partial charge on any atom is 0.211 e. The lowest BCUT2D eigenvalue weighted by atomic mass is 9.50. The van der Waals surface area contributed by atoms with Crippen LogP contribution in [0.25, 0.3) is 0 Å². The van der Waals surface area contributed by atoms with Gasteiger partial charge in [-0.15, -0.1) is 0 Å². The second kappa shape index (κ2) is 5.03. The molecule has 0 aromatic heterocycles. The molecule has 0 saturated heterocycles. The fraction of sp³-hybridized carbons (Fsp3) is 1.00. The molecule has 1 N–H and O–H groups in total. The van der Waals surface area contributed by atoms with E-state index in [1.54, 1.807) is 0 Å². The highest BCUT2D eigenvalue weighted by Gasteiger charge is 2.50. The highest BCUT2D eigenvalue weighted by Crippen LogP contribution is 2.59. The fourth-order valence-electron chi connectivity index (χ4n) is 5.18. The van der Waals surface area contributed by atoms with Crippen molar-refractivity contribution in [3.05, 3.63) is 0 Å². The van der Waals surface area contributed by atoms with Gasteiger partial charge in [-0.3, -0.25) is 0 Å². The Kier molecular flexibility index (Phi) is 3.67. The molecule has 4 aliphatic carbocycles. The molecular formula is C15H27NO2S. The number of hydrogen-bond acceptors (Lipinski definition) is 2. The summed E-state index contributed by atoms with van der Waals surface area (Å²) >= 11 is 0. The normalized spacial score (nSPS) is 40.8. The third-order valence-electron chi connectivity index (χ3n) is 5.60. The van der Waals surface area contributed by atoms with Crippen LogP contribution in [0.4, 0.5) is 0 Å². The van der Waals surface area contributed by atoms with E-state index in [0.717, 1.165) is 30.6 Å². The van der Waals surface area contributed by atoms with E-state index in [4.69, 9.17) is 0 Å². The first kappa shape index (κ1) is 13.9. The van der Waals surface area contributed by atoms with E-state index in [-0.39, 0.29) is 0 Å². The van der Waals surface area contributed by atoms with E-state index >= 15 is 0 Å². The molecule has 0 aromatic rings. The van der Waals surface area contributed by atoms with Crippen LogP contribution < -0.4 is 4.72 Å². The molecule has 0 unspecified atom stereocenters. The van der Waals surface area contributed by atoms with E-state index in [1.807, 2.05) is 6.92 Å². The van der Waals surface area contributed by atoms with Crippen molar-refractivity contribution in [1.82, 2.24) is 4.72 Å². The van der Waals surface area contributed by atoms with E-state index in [9.17, 15) is 8.42 Å². The summed E-state index contributed by atoms with van der Waals surface area (Å²) in [6.45, 7) is 2.75. The second-order valence-electron chi connectivity index (χ2n) is 7.41. The number of nitrogens with one attached hydrogen (secondary N) is 1. The van der Waals surface area contributed by atoms with Gasteiger partial charge in [0.25, 0.3) is 0 Å². The number of rotatable bonds is 6. The summed E-state index contributed by atoms with van der Waals surface area (Å²) < 4.78 is 26.9. The van der Waals surface area contributed by atoms with E-state index in [2.05, 4.69) is 4.72 Å². The molecule has 4 bridgehead atoms. The molecule has 4 fully saturated rings. The molecule has 4 saturated carbocycles. The van der Waals surface area contributed by atoms with Crippen LogP contribution in [0.3, 0.4) is 0 Å². The lowest BCUT2D eigenvalue weighted by Crippen LogP contribution is -2.51. The van der Waals surface area contributed by atoms with Gasteiger partial charge in [0.1, 0.15) is 0 Å². The van der Waals surface area contributed by atoms with Crippen LogP contribution in [-0.2, 0) is 10.0 Å². The van der Waals surface area contributed by atoms with Crippen LogP contribution in [0.1, 0.15) is 58.3 Å². The van der Waals surface area contributed by atoms with Gasteiger partial charge < -0.3 is 0 Å². The smallest absolute Gasteiger partial charge is 0.211 e. The Labute approximate surface area is 117 Å². The number of unbranched alkanes of at least 4 members (excludes halogenated alkanes) is 1. The summed E-state index contributed by atoms with van der Waals surface area (Å²) in [6.07, 6.45) is 9.79. The molecule has 0 spiro atoms. The predicted octanol–water partition coefficient (Wildman–Crippen LogP) is 2.92. The monoisotopic (exact) mass is 285 g/mol. The quantitative estimate of drug-likeness (QED) is 0.815. The Bertz CT molecular complexity index is 394. The highest BCUT2D eigenvalue weighted by atomic mass is 32.2. The average Bonchev–Trinajstić information content (AvgIpc) is 2.33. The van der Waals surface area contributed by atoms with Gasteiger partial charge >= 0.3 is 0 Å². The van der Waals surface area contributed by atoms with Gasteiger partial charge in [0.15, 0.2) is 0 Å². The van der Waals surface area contributed by atoms with E-state index in [0.29, 0.717) is 17.7 Å². The Balaban J connectivity index is 1.61. The van der Waals surface area contributed by atoms with Crippen LogP contribution in [0, 0.1) is 23.2 Å². The Morgan fingerprint density at radius 3 is 2.05 bits per heavy atom. The van der Waals surface area contributed by atoms with Crippen LogP contribution in [0.2, 0.25) is 0 Å². The summed E-state index contributed by atoms with van der Waals surface area (Å²) in [6, 6.07) is 0. The second-order valence-corrected chi connectivity index (χ2v) is 9.34. The molecule has 0 aromatic carbocycles. The Morgan fingerprint density at radius 1 is 1.05 bits per heavy atom. The molecular weight excluding hydrogens is 258 g/mol. The van der Waals surface area contributed by atoms with Gasteiger partial charge in [0.2, 0.25) is 10.0 Å². The zero-order chi connectivity index (χ0) is 13.5. The molecule has 4 rings (SSSR count). The van der Waals surface area contributed by atoms with Gasteiger partial charge in [0.05, 0.1) is 5.75 Å². The van der Waals surface area contributed by atoms with Gasteiger partial charge in [-0.2, -0.15) is 0 Å². The zero-order valence-electron chi connectivity index (χ0n) is 12.0. The largest absolute Gasteiger partial charge is 0.215 e. The molecule has 4 aliphatic rings. The SMILES string of the molecule is CCCCS(=O)(=O)NCC12CC3CC(CC(C3)C1)C2. The van der Waals surface area contributed by atoms with Crippen molar-refractivity contribution in [3.63, 3.8) is 0 Å². The van der Waals surface area contributed by atoms with Crippen molar-refractivity contribution in [3.8, 4) is 0 Å². The van der Waals surface area contributed by atoms with Crippen molar-refractivity contribution >= 4 is 10.0 Å². The standard InChI is InChI=1S/C15H27NO2S/c1-2-3-4-19(17,18)16-11-15-8-12-5-13(9-15)7-14(6-12)10-15/h12-14,16H,2-11H2,1H3. The number of sulfonamides is 1. The van der Waals surface area contributed by atoms with Crippen LogP contribution in [0.15, 0.2) is 0 Å². The summed E-state index contributed by atoms with van der Waals surface area (Å²) in [4.78, 5) is 0.